The van der Waals surface area contributed by atoms with Crippen molar-refractivity contribution in [1.82, 2.24) is 9.97 Å². The summed E-state index contributed by atoms with van der Waals surface area (Å²) in [6.45, 7) is 4.07. The van der Waals surface area contributed by atoms with Crippen molar-refractivity contribution < 1.29 is 5.11 Å². The van der Waals surface area contributed by atoms with Gasteiger partial charge in [0.2, 0.25) is 0 Å². The van der Waals surface area contributed by atoms with E-state index in [2.05, 4.69) is 15.3 Å². The van der Waals surface area contributed by atoms with Crippen LogP contribution in [0.1, 0.15) is 25.6 Å². The Morgan fingerprint density at radius 3 is 2.87 bits per heavy atom. The molecule has 1 rings (SSSR count). The second kappa shape index (κ2) is 5.50. The third kappa shape index (κ3) is 4.12. The van der Waals surface area contributed by atoms with E-state index in [0.717, 1.165) is 18.7 Å². The number of anilines is 2. The maximum Gasteiger partial charge on any atom is 0.131 e. The first-order valence-corrected chi connectivity index (χ1v) is 5.10. The van der Waals surface area contributed by atoms with Gasteiger partial charge in [-0.2, -0.15) is 0 Å². The second-order valence-corrected chi connectivity index (χ2v) is 3.64. The Labute approximate surface area is 89.7 Å². The van der Waals surface area contributed by atoms with Gasteiger partial charge in [0.25, 0.3) is 0 Å². The normalized spacial score (nSPS) is 12.5. The second-order valence-electron chi connectivity index (χ2n) is 3.64. The van der Waals surface area contributed by atoms with Gasteiger partial charge in [-0.3, -0.25) is 0 Å². The first-order chi connectivity index (χ1) is 7.11. The molecule has 1 aromatic heterocycles. The lowest BCUT2D eigenvalue weighted by Gasteiger charge is -2.14. The Morgan fingerprint density at radius 2 is 2.27 bits per heavy atom. The lowest BCUT2D eigenvalue weighted by molar-refractivity contribution is 0.282. The summed E-state index contributed by atoms with van der Waals surface area (Å²) in [5.41, 5.74) is 5.60. The Balaban J connectivity index is 2.56. The molecule has 0 spiro atoms. The first-order valence-electron chi connectivity index (χ1n) is 5.10. The zero-order valence-electron chi connectivity index (χ0n) is 9.20. The largest absolute Gasteiger partial charge is 0.396 e. The molecule has 5 nitrogen and oxygen atoms in total. The summed E-state index contributed by atoms with van der Waals surface area (Å²) in [7, 11) is 0. The Hall–Kier alpha value is -1.36. The highest BCUT2D eigenvalue weighted by Crippen LogP contribution is 2.10. The van der Waals surface area contributed by atoms with Crippen LogP contribution in [0.3, 0.4) is 0 Å². The smallest absolute Gasteiger partial charge is 0.131 e. The zero-order valence-corrected chi connectivity index (χ0v) is 9.20. The number of hydrogen-bond acceptors (Lipinski definition) is 5. The third-order valence-corrected chi connectivity index (χ3v) is 2.05. The summed E-state index contributed by atoms with van der Waals surface area (Å²) in [6, 6.07) is 1.98. The molecular formula is C10H18N4O. The van der Waals surface area contributed by atoms with Crippen LogP contribution in [0.5, 0.6) is 0 Å². The molecular weight excluding hydrogens is 192 g/mol. The topological polar surface area (TPSA) is 84.1 Å². The molecule has 0 aliphatic heterocycles. The summed E-state index contributed by atoms with van der Waals surface area (Å²) in [4.78, 5) is 8.21. The van der Waals surface area contributed by atoms with Crippen LogP contribution in [0.25, 0.3) is 0 Å². The van der Waals surface area contributed by atoms with Crippen molar-refractivity contribution in [2.75, 3.05) is 17.7 Å². The molecule has 15 heavy (non-hydrogen) atoms. The van der Waals surface area contributed by atoms with Crippen LogP contribution in [-0.2, 0) is 0 Å². The Morgan fingerprint density at radius 1 is 1.53 bits per heavy atom. The van der Waals surface area contributed by atoms with Gasteiger partial charge in [-0.25, -0.2) is 9.97 Å². The highest BCUT2D eigenvalue weighted by Gasteiger charge is 2.04. The van der Waals surface area contributed by atoms with Gasteiger partial charge in [0.05, 0.1) is 0 Å². The fraction of sp³-hybridized carbons (Fsp3) is 0.600. The maximum absolute atomic E-state index is 8.70. The minimum Gasteiger partial charge on any atom is -0.396 e. The number of rotatable bonds is 5. The van der Waals surface area contributed by atoms with Gasteiger partial charge in [0, 0.05) is 18.7 Å². The average molecular weight is 210 g/mol. The Bertz CT molecular complexity index is 296. The molecule has 0 aliphatic rings. The van der Waals surface area contributed by atoms with E-state index < -0.39 is 0 Å². The number of aliphatic hydroxyl groups excluding tert-OH is 1. The van der Waals surface area contributed by atoms with Crippen LogP contribution in [0, 0.1) is 6.92 Å². The van der Waals surface area contributed by atoms with Crippen LogP contribution in [0.2, 0.25) is 0 Å². The van der Waals surface area contributed by atoms with E-state index in [-0.39, 0.29) is 12.6 Å². The molecule has 1 heterocycles. The molecule has 5 heteroatoms. The van der Waals surface area contributed by atoms with E-state index in [1.807, 2.05) is 6.92 Å². The van der Waals surface area contributed by atoms with Crippen LogP contribution < -0.4 is 11.1 Å². The summed E-state index contributed by atoms with van der Waals surface area (Å²) in [5.74, 6) is 1.87. The van der Waals surface area contributed by atoms with Gasteiger partial charge >= 0.3 is 0 Å². The van der Waals surface area contributed by atoms with Gasteiger partial charge < -0.3 is 16.2 Å². The number of aliphatic hydroxyl groups is 1. The quantitative estimate of drug-likeness (QED) is 0.673. The molecule has 0 amide bonds. The first kappa shape index (κ1) is 11.7. The van der Waals surface area contributed by atoms with Crippen molar-refractivity contribution >= 4 is 11.6 Å². The summed E-state index contributed by atoms with van der Waals surface area (Å²) < 4.78 is 0. The number of nitrogens with zero attached hydrogens (tertiary/aromatic N) is 2. The minimum atomic E-state index is 0.219. The lowest BCUT2D eigenvalue weighted by Crippen LogP contribution is -2.17. The molecule has 4 N–H and O–H groups in total. The molecule has 0 aromatic carbocycles. The van der Waals surface area contributed by atoms with Crippen molar-refractivity contribution in [3.8, 4) is 0 Å². The van der Waals surface area contributed by atoms with E-state index >= 15 is 0 Å². The lowest BCUT2D eigenvalue weighted by atomic mass is 10.2. The molecule has 1 aromatic rings. The number of hydrogen-bond donors (Lipinski definition) is 3. The van der Waals surface area contributed by atoms with Gasteiger partial charge in [-0.05, 0) is 26.7 Å². The van der Waals surface area contributed by atoms with Gasteiger partial charge in [-0.15, -0.1) is 0 Å². The highest BCUT2D eigenvalue weighted by atomic mass is 16.2. The highest BCUT2D eigenvalue weighted by molar-refractivity contribution is 5.44. The molecule has 0 fully saturated rings. The van der Waals surface area contributed by atoms with E-state index in [4.69, 9.17) is 10.8 Å². The average Bonchev–Trinajstić information content (AvgIpc) is 2.13. The number of nitrogen functional groups attached to an aromatic ring is 1. The van der Waals surface area contributed by atoms with Crippen LogP contribution in [0.15, 0.2) is 6.07 Å². The summed E-state index contributed by atoms with van der Waals surface area (Å²) >= 11 is 0. The van der Waals surface area contributed by atoms with Crippen molar-refractivity contribution in [3.05, 3.63) is 11.9 Å². The number of aryl methyl sites for hydroxylation is 1. The van der Waals surface area contributed by atoms with Gasteiger partial charge in [0.1, 0.15) is 17.5 Å². The summed E-state index contributed by atoms with van der Waals surface area (Å²) in [6.07, 6.45) is 1.69. The molecule has 1 unspecified atom stereocenters. The standard InChI is InChI=1S/C10H18N4O/c1-7(4-3-5-15)12-10-6-9(11)13-8(2)14-10/h6-7,15H,3-5H2,1-2H3,(H3,11,12,13,14). The van der Waals surface area contributed by atoms with Crippen molar-refractivity contribution in [3.63, 3.8) is 0 Å². The predicted molar refractivity (Wildman–Crippen MR) is 60.6 cm³/mol. The van der Waals surface area contributed by atoms with E-state index in [9.17, 15) is 0 Å². The van der Waals surface area contributed by atoms with Crippen molar-refractivity contribution in [1.29, 1.82) is 0 Å². The Kier molecular flexibility index (Phi) is 4.30. The predicted octanol–water partition coefficient (Wildman–Crippen LogP) is 0.940. The number of nitrogens with one attached hydrogen (secondary N) is 1. The zero-order chi connectivity index (χ0) is 11.3. The van der Waals surface area contributed by atoms with E-state index in [1.165, 1.54) is 0 Å². The monoisotopic (exact) mass is 210 g/mol. The maximum atomic E-state index is 8.70. The van der Waals surface area contributed by atoms with Gasteiger partial charge in [0.15, 0.2) is 0 Å². The molecule has 0 aliphatic carbocycles. The van der Waals surface area contributed by atoms with Crippen molar-refractivity contribution in [2.45, 2.75) is 32.7 Å². The molecule has 0 radical (unpaired) electrons. The minimum absolute atomic E-state index is 0.219. The van der Waals surface area contributed by atoms with Crippen LogP contribution in [0.4, 0.5) is 11.6 Å². The molecule has 1 atom stereocenters. The third-order valence-electron chi connectivity index (χ3n) is 2.05. The number of aromatic nitrogens is 2. The number of nitrogens with two attached hydrogens (primary N) is 1. The van der Waals surface area contributed by atoms with Gasteiger partial charge in [-0.1, -0.05) is 0 Å². The van der Waals surface area contributed by atoms with Crippen molar-refractivity contribution in [2.24, 2.45) is 0 Å². The van der Waals surface area contributed by atoms with E-state index in [0.29, 0.717) is 11.6 Å². The fourth-order valence-electron chi connectivity index (χ4n) is 1.39. The summed E-state index contributed by atoms with van der Waals surface area (Å²) in [5, 5.41) is 11.9. The molecule has 0 saturated carbocycles. The fourth-order valence-corrected chi connectivity index (χ4v) is 1.39. The molecule has 84 valence electrons. The SMILES string of the molecule is Cc1nc(N)cc(NC(C)CCCO)n1. The van der Waals surface area contributed by atoms with Crippen LogP contribution in [-0.4, -0.2) is 27.7 Å². The van der Waals surface area contributed by atoms with E-state index in [1.54, 1.807) is 13.0 Å². The molecule has 0 saturated heterocycles. The molecule has 0 bridgehead atoms. The van der Waals surface area contributed by atoms with Crippen LogP contribution >= 0.6 is 0 Å².